The second-order valence-corrected chi connectivity index (χ2v) is 3.80. The minimum atomic E-state index is -1.02. The van der Waals surface area contributed by atoms with Crippen LogP contribution in [0.4, 0.5) is 30.4 Å². The number of hydrogen-bond donors (Lipinski definition) is 2. The van der Waals surface area contributed by atoms with E-state index >= 15 is 0 Å². The van der Waals surface area contributed by atoms with Gasteiger partial charge in [0.1, 0.15) is 17.3 Å². The summed E-state index contributed by atoms with van der Waals surface area (Å²) in [6, 6.07) is 2.72. The molecule has 2 aromatic rings. The van der Waals surface area contributed by atoms with Gasteiger partial charge in [0.05, 0.1) is 11.9 Å². The summed E-state index contributed by atoms with van der Waals surface area (Å²) in [4.78, 5) is 3.88. The molecule has 18 heavy (non-hydrogen) atoms. The van der Waals surface area contributed by atoms with Gasteiger partial charge < -0.3 is 11.1 Å². The molecule has 0 radical (unpaired) electrons. The van der Waals surface area contributed by atoms with Crippen LogP contribution in [0.5, 0.6) is 0 Å². The van der Waals surface area contributed by atoms with Gasteiger partial charge in [-0.15, -0.1) is 0 Å². The predicted octanol–water partition coefficient (Wildman–Crippen LogP) is 3.13. The molecule has 6 heteroatoms. The maximum atomic E-state index is 13.4. The summed E-state index contributed by atoms with van der Waals surface area (Å²) >= 11 is 0. The molecule has 0 saturated carbocycles. The highest BCUT2D eigenvalue weighted by Crippen LogP contribution is 2.24. The zero-order valence-electron chi connectivity index (χ0n) is 9.47. The summed E-state index contributed by atoms with van der Waals surface area (Å²) in [6.07, 6.45) is 1.37. The molecule has 0 fully saturated rings. The Bertz CT molecular complexity index is 576. The molecule has 0 bridgehead atoms. The van der Waals surface area contributed by atoms with E-state index in [2.05, 4.69) is 10.3 Å². The standard InChI is InChI=1S/C12H10F3N3/c1-6-2-11(17-5-10(6)16)18-12-8(14)3-7(13)4-9(12)15/h2-5H,16H2,1H3,(H,17,18). The van der Waals surface area contributed by atoms with E-state index < -0.39 is 23.1 Å². The Morgan fingerprint density at radius 1 is 1.11 bits per heavy atom. The van der Waals surface area contributed by atoms with Gasteiger partial charge in [-0.25, -0.2) is 18.2 Å². The average molecular weight is 253 g/mol. The third-order valence-corrected chi connectivity index (χ3v) is 2.41. The number of benzene rings is 1. The number of nitrogens with two attached hydrogens (primary N) is 1. The smallest absolute Gasteiger partial charge is 0.152 e. The number of nitrogens with zero attached hydrogens (tertiary/aromatic N) is 1. The number of rotatable bonds is 2. The summed E-state index contributed by atoms with van der Waals surface area (Å²) in [5.41, 5.74) is 6.31. The Kier molecular flexibility index (Phi) is 3.10. The van der Waals surface area contributed by atoms with Crippen LogP contribution in [0, 0.1) is 24.4 Å². The monoisotopic (exact) mass is 253 g/mol. The molecule has 0 aliphatic rings. The van der Waals surface area contributed by atoms with Crippen LogP contribution in [0.1, 0.15) is 5.56 Å². The van der Waals surface area contributed by atoms with Crippen molar-refractivity contribution in [1.29, 1.82) is 0 Å². The van der Waals surface area contributed by atoms with Crippen LogP contribution >= 0.6 is 0 Å². The van der Waals surface area contributed by atoms with Crippen molar-refractivity contribution in [3.05, 3.63) is 47.4 Å². The first-order valence-corrected chi connectivity index (χ1v) is 5.11. The topological polar surface area (TPSA) is 50.9 Å². The average Bonchev–Trinajstić information content (AvgIpc) is 2.28. The second-order valence-electron chi connectivity index (χ2n) is 3.80. The Balaban J connectivity index is 2.37. The molecule has 0 atom stereocenters. The molecule has 1 aromatic heterocycles. The van der Waals surface area contributed by atoms with E-state index in [1.165, 1.54) is 12.3 Å². The van der Waals surface area contributed by atoms with Crippen molar-refractivity contribution in [2.45, 2.75) is 6.92 Å². The lowest BCUT2D eigenvalue weighted by molar-refractivity contribution is 0.549. The first-order chi connectivity index (χ1) is 8.47. The molecule has 3 N–H and O–H groups in total. The van der Waals surface area contributed by atoms with Crippen molar-refractivity contribution in [2.24, 2.45) is 0 Å². The maximum absolute atomic E-state index is 13.4. The van der Waals surface area contributed by atoms with Crippen molar-refractivity contribution in [3.63, 3.8) is 0 Å². The van der Waals surface area contributed by atoms with Crippen LogP contribution in [0.2, 0.25) is 0 Å². The van der Waals surface area contributed by atoms with Gasteiger partial charge in [-0.2, -0.15) is 0 Å². The van der Waals surface area contributed by atoms with Crippen molar-refractivity contribution in [1.82, 2.24) is 4.98 Å². The lowest BCUT2D eigenvalue weighted by Gasteiger charge is -2.09. The van der Waals surface area contributed by atoms with E-state index in [1.807, 2.05) is 0 Å². The molecule has 0 amide bonds. The van der Waals surface area contributed by atoms with E-state index in [0.29, 0.717) is 17.8 Å². The van der Waals surface area contributed by atoms with E-state index in [9.17, 15) is 13.2 Å². The number of hydrogen-bond acceptors (Lipinski definition) is 3. The molecule has 1 heterocycles. The van der Waals surface area contributed by atoms with Gasteiger partial charge >= 0.3 is 0 Å². The van der Waals surface area contributed by atoms with Crippen molar-refractivity contribution in [2.75, 3.05) is 11.1 Å². The Morgan fingerprint density at radius 2 is 1.72 bits per heavy atom. The number of pyridine rings is 1. The quantitative estimate of drug-likeness (QED) is 0.864. The van der Waals surface area contributed by atoms with Gasteiger partial charge in [0.2, 0.25) is 0 Å². The highest BCUT2D eigenvalue weighted by molar-refractivity contribution is 5.60. The first-order valence-electron chi connectivity index (χ1n) is 5.11. The van der Waals surface area contributed by atoms with E-state index in [-0.39, 0.29) is 5.82 Å². The predicted molar refractivity (Wildman–Crippen MR) is 63.0 cm³/mol. The fourth-order valence-corrected chi connectivity index (χ4v) is 1.42. The Labute approximate surface area is 101 Å². The van der Waals surface area contributed by atoms with Crippen LogP contribution in [0.15, 0.2) is 24.4 Å². The number of aromatic nitrogens is 1. The van der Waals surface area contributed by atoms with Crippen molar-refractivity contribution < 1.29 is 13.2 Å². The Morgan fingerprint density at radius 3 is 2.28 bits per heavy atom. The fourth-order valence-electron chi connectivity index (χ4n) is 1.42. The number of nitrogens with one attached hydrogen (secondary N) is 1. The number of nitrogen functional groups attached to an aromatic ring is 1. The first kappa shape index (κ1) is 12.2. The molecule has 0 unspecified atom stereocenters. The molecular weight excluding hydrogens is 243 g/mol. The minimum Gasteiger partial charge on any atom is -0.397 e. The zero-order valence-corrected chi connectivity index (χ0v) is 9.47. The molecule has 0 aliphatic heterocycles. The number of aryl methyl sites for hydroxylation is 1. The molecule has 94 valence electrons. The molecule has 1 aromatic carbocycles. The fraction of sp³-hybridized carbons (Fsp3) is 0.0833. The van der Waals surface area contributed by atoms with Gasteiger partial charge in [-0.1, -0.05) is 0 Å². The van der Waals surface area contributed by atoms with Crippen LogP contribution in [-0.2, 0) is 0 Å². The summed E-state index contributed by atoms with van der Waals surface area (Å²) in [6.45, 7) is 1.74. The SMILES string of the molecule is Cc1cc(Nc2c(F)cc(F)cc2F)ncc1N. The zero-order chi connectivity index (χ0) is 13.3. The van der Waals surface area contributed by atoms with Crippen LogP contribution in [-0.4, -0.2) is 4.98 Å². The van der Waals surface area contributed by atoms with Gasteiger partial charge in [-0.05, 0) is 18.6 Å². The van der Waals surface area contributed by atoms with Crippen LogP contribution in [0.25, 0.3) is 0 Å². The van der Waals surface area contributed by atoms with Gasteiger partial charge in [0, 0.05) is 12.1 Å². The third kappa shape index (κ3) is 2.37. The van der Waals surface area contributed by atoms with E-state index in [4.69, 9.17) is 5.73 Å². The van der Waals surface area contributed by atoms with E-state index in [1.54, 1.807) is 6.92 Å². The highest BCUT2D eigenvalue weighted by Gasteiger charge is 2.12. The normalized spacial score (nSPS) is 10.4. The number of halogens is 3. The maximum Gasteiger partial charge on any atom is 0.152 e. The molecule has 0 saturated heterocycles. The second kappa shape index (κ2) is 4.56. The largest absolute Gasteiger partial charge is 0.397 e. The summed E-state index contributed by atoms with van der Waals surface area (Å²) in [7, 11) is 0. The molecule has 2 rings (SSSR count). The van der Waals surface area contributed by atoms with Crippen molar-refractivity contribution >= 4 is 17.2 Å². The van der Waals surface area contributed by atoms with Gasteiger partial charge in [0.25, 0.3) is 0 Å². The van der Waals surface area contributed by atoms with Crippen LogP contribution in [0.3, 0.4) is 0 Å². The van der Waals surface area contributed by atoms with Crippen molar-refractivity contribution in [3.8, 4) is 0 Å². The third-order valence-electron chi connectivity index (χ3n) is 2.41. The highest BCUT2D eigenvalue weighted by atomic mass is 19.1. The molecule has 0 aliphatic carbocycles. The lowest BCUT2D eigenvalue weighted by Crippen LogP contribution is -2.01. The summed E-state index contributed by atoms with van der Waals surface area (Å²) in [5, 5.41) is 2.45. The number of anilines is 3. The lowest BCUT2D eigenvalue weighted by atomic mass is 10.2. The summed E-state index contributed by atoms with van der Waals surface area (Å²) < 4.78 is 39.5. The minimum absolute atomic E-state index is 0.228. The van der Waals surface area contributed by atoms with E-state index in [0.717, 1.165) is 5.56 Å². The molecular formula is C12H10F3N3. The molecule has 0 spiro atoms. The van der Waals surface area contributed by atoms with Gasteiger partial charge in [0.15, 0.2) is 11.6 Å². The van der Waals surface area contributed by atoms with Crippen LogP contribution < -0.4 is 11.1 Å². The molecule has 3 nitrogen and oxygen atoms in total. The van der Waals surface area contributed by atoms with Gasteiger partial charge in [-0.3, -0.25) is 0 Å². The summed E-state index contributed by atoms with van der Waals surface area (Å²) in [5.74, 6) is -2.80. The Hall–Kier alpha value is -2.24.